The van der Waals surface area contributed by atoms with E-state index in [1.807, 2.05) is 0 Å². The molecule has 4 aliphatic rings. The predicted molar refractivity (Wildman–Crippen MR) is 264 cm³/mol. The van der Waals surface area contributed by atoms with Crippen molar-refractivity contribution in [1.29, 1.82) is 0 Å². The quantitative estimate of drug-likeness (QED) is 0.146. The Morgan fingerprint density at radius 2 is 0.613 bits per heavy atom. The van der Waals surface area contributed by atoms with E-state index >= 15 is 0 Å². The SMILES string of the molecule is Cc1ccc(-c2cc(-c3ccc(C)cc3)cc(N3C[C@H](C4CCCCC4)N=C3C3=N[C@@H](C4CCCCC4)CN3c3cc(-c4ccc(C)cc4)cc(-c4ccc(C)cc4)c3)c2)cc1. The third-order valence-corrected chi connectivity index (χ3v) is 14.4. The van der Waals surface area contributed by atoms with Gasteiger partial charge in [0.2, 0.25) is 0 Å². The molecular formula is C58H62N4. The fraction of sp³-hybridized carbons (Fsp3) is 0.345. The van der Waals surface area contributed by atoms with Gasteiger partial charge in [0.05, 0.1) is 12.1 Å². The molecule has 62 heavy (non-hydrogen) atoms. The second-order valence-electron chi connectivity index (χ2n) is 19.1. The van der Waals surface area contributed by atoms with Crippen LogP contribution < -0.4 is 9.80 Å². The second-order valence-corrected chi connectivity index (χ2v) is 19.1. The maximum Gasteiger partial charge on any atom is 0.172 e. The van der Waals surface area contributed by atoms with Crippen molar-refractivity contribution in [3.63, 3.8) is 0 Å². The summed E-state index contributed by atoms with van der Waals surface area (Å²) in [6.07, 6.45) is 12.9. The highest BCUT2D eigenvalue weighted by molar-refractivity contribution is 6.50. The van der Waals surface area contributed by atoms with Gasteiger partial charge in [0, 0.05) is 24.5 Å². The number of benzene rings is 6. The van der Waals surface area contributed by atoms with Crippen LogP contribution in [0.2, 0.25) is 0 Å². The Bertz CT molecular complexity index is 2260. The molecule has 0 spiro atoms. The van der Waals surface area contributed by atoms with E-state index in [1.165, 1.54) is 142 Å². The number of aryl methyl sites for hydroxylation is 4. The van der Waals surface area contributed by atoms with Crippen molar-refractivity contribution < 1.29 is 0 Å². The highest BCUT2D eigenvalue weighted by atomic mass is 15.4. The summed E-state index contributed by atoms with van der Waals surface area (Å²) in [5.41, 5.74) is 17.4. The molecule has 6 aromatic rings. The van der Waals surface area contributed by atoms with Crippen LogP contribution in [0, 0.1) is 39.5 Å². The van der Waals surface area contributed by atoms with Crippen molar-refractivity contribution in [2.24, 2.45) is 21.8 Å². The summed E-state index contributed by atoms with van der Waals surface area (Å²) in [6, 6.07) is 51.1. The Balaban J connectivity index is 1.14. The molecule has 2 fully saturated rings. The zero-order valence-electron chi connectivity index (χ0n) is 37.3. The zero-order chi connectivity index (χ0) is 42.2. The van der Waals surface area contributed by atoms with Crippen LogP contribution in [0.4, 0.5) is 11.4 Å². The summed E-state index contributed by atoms with van der Waals surface area (Å²) in [5, 5.41) is 0. The lowest BCUT2D eigenvalue weighted by Crippen LogP contribution is -2.42. The highest BCUT2D eigenvalue weighted by Gasteiger charge is 2.41. The molecule has 6 aromatic carbocycles. The molecule has 0 bridgehead atoms. The number of rotatable bonds is 9. The first-order chi connectivity index (χ1) is 30.3. The number of amidine groups is 2. The van der Waals surface area contributed by atoms with Crippen molar-refractivity contribution in [2.75, 3.05) is 22.9 Å². The van der Waals surface area contributed by atoms with Gasteiger partial charge in [0.1, 0.15) is 0 Å². The van der Waals surface area contributed by atoms with Crippen LogP contribution in [0.15, 0.2) is 143 Å². The van der Waals surface area contributed by atoms with E-state index in [9.17, 15) is 0 Å². The molecule has 2 atom stereocenters. The standard InChI is InChI=1S/C58H62N4/c1-39-15-23-43(24-16-39)49-31-50(44-25-17-40(2)18-26-44)34-53(33-49)61-37-55(47-11-7-5-8-12-47)59-57(61)58-60-56(48-13-9-6-10-14-48)38-62(58)54-35-51(45-27-19-41(3)20-28-45)32-52(36-54)46-29-21-42(4)22-30-46/h15-36,47-48,55-56H,5-14,37-38H2,1-4H3/t55-,56-/m1/s1. The number of aliphatic imine (C=N–C) groups is 2. The lowest BCUT2D eigenvalue weighted by Gasteiger charge is -2.29. The molecule has 0 amide bonds. The van der Waals surface area contributed by atoms with E-state index in [2.05, 4.69) is 171 Å². The van der Waals surface area contributed by atoms with Crippen molar-refractivity contribution in [3.8, 4) is 44.5 Å². The van der Waals surface area contributed by atoms with Crippen molar-refractivity contribution in [2.45, 2.75) is 104 Å². The molecule has 0 radical (unpaired) electrons. The summed E-state index contributed by atoms with van der Waals surface area (Å²) in [4.78, 5) is 16.9. The third kappa shape index (κ3) is 8.54. The van der Waals surface area contributed by atoms with Crippen LogP contribution >= 0.6 is 0 Å². The summed E-state index contributed by atoms with van der Waals surface area (Å²) in [5.74, 6) is 3.27. The molecular weight excluding hydrogens is 753 g/mol. The molecule has 0 aromatic heterocycles. The Morgan fingerprint density at radius 3 is 0.887 bits per heavy atom. The largest absolute Gasteiger partial charge is 0.321 e. The fourth-order valence-electron chi connectivity index (χ4n) is 10.6. The Labute approximate surface area is 370 Å². The number of nitrogens with zero attached hydrogens (tertiary/aromatic N) is 4. The van der Waals surface area contributed by atoms with Gasteiger partial charge in [-0.2, -0.15) is 0 Å². The Morgan fingerprint density at radius 1 is 0.339 bits per heavy atom. The lowest BCUT2D eigenvalue weighted by atomic mass is 9.84. The van der Waals surface area contributed by atoms with E-state index in [4.69, 9.17) is 9.98 Å². The maximum absolute atomic E-state index is 5.89. The van der Waals surface area contributed by atoms with Crippen LogP contribution in [0.3, 0.4) is 0 Å². The lowest BCUT2D eigenvalue weighted by molar-refractivity contribution is 0.315. The molecule has 4 nitrogen and oxygen atoms in total. The molecule has 10 rings (SSSR count). The minimum absolute atomic E-state index is 0.233. The number of hydrogen-bond donors (Lipinski definition) is 0. The number of anilines is 2. The van der Waals surface area contributed by atoms with Gasteiger partial charge < -0.3 is 9.80 Å². The van der Waals surface area contributed by atoms with E-state index < -0.39 is 0 Å². The van der Waals surface area contributed by atoms with Crippen molar-refractivity contribution in [3.05, 3.63) is 156 Å². The highest BCUT2D eigenvalue weighted by Crippen LogP contribution is 2.41. The van der Waals surface area contributed by atoms with Crippen LogP contribution in [0.5, 0.6) is 0 Å². The molecule has 0 saturated heterocycles. The molecule has 2 saturated carbocycles. The van der Waals surface area contributed by atoms with Crippen LogP contribution in [-0.2, 0) is 0 Å². The molecule has 4 heteroatoms. The van der Waals surface area contributed by atoms with E-state index in [0.717, 1.165) is 24.8 Å². The minimum Gasteiger partial charge on any atom is -0.321 e. The van der Waals surface area contributed by atoms with Crippen LogP contribution in [-0.4, -0.2) is 36.8 Å². The van der Waals surface area contributed by atoms with E-state index in [0.29, 0.717) is 11.8 Å². The maximum atomic E-state index is 5.89. The monoisotopic (exact) mass is 814 g/mol. The average molecular weight is 815 g/mol. The van der Waals surface area contributed by atoms with Gasteiger partial charge in [-0.25, -0.2) is 0 Å². The van der Waals surface area contributed by atoms with Gasteiger partial charge in [-0.3, -0.25) is 9.98 Å². The van der Waals surface area contributed by atoms with Gasteiger partial charge in [-0.15, -0.1) is 0 Å². The molecule has 0 unspecified atom stereocenters. The zero-order valence-corrected chi connectivity index (χ0v) is 37.3. The van der Waals surface area contributed by atoms with Crippen molar-refractivity contribution >= 4 is 23.0 Å². The van der Waals surface area contributed by atoms with Crippen LogP contribution in [0.25, 0.3) is 44.5 Å². The molecule has 2 heterocycles. The van der Waals surface area contributed by atoms with Crippen LogP contribution in [0.1, 0.15) is 86.5 Å². The van der Waals surface area contributed by atoms with Gasteiger partial charge in [0.25, 0.3) is 0 Å². The van der Waals surface area contributed by atoms with Gasteiger partial charge in [-0.1, -0.05) is 158 Å². The van der Waals surface area contributed by atoms with E-state index in [-0.39, 0.29) is 12.1 Å². The fourth-order valence-corrected chi connectivity index (χ4v) is 10.6. The first-order valence-electron chi connectivity index (χ1n) is 23.6. The average Bonchev–Trinajstić information content (AvgIpc) is 3.97. The van der Waals surface area contributed by atoms with Crippen molar-refractivity contribution in [1.82, 2.24) is 0 Å². The summed E-state index contributed by atoms with van der Waals surface area (Å²) in [7, 11) is 0. The summed E-state index contributed by atoms with van der Waals surface area (Å²) < 4.78 is 0. The number of hydrogen-bond acceptors (Lipinski definition) is 4. The smallest absolute Gasteiger partial charge is 0.172 e. The molecule has 2 aliphatic heterocycles. The Hall–Kier alpha value is -5.74. The topological polar surface area (TPSA) is 31.2 Å². The molecule has 314 valence electrons. The second kappa shape index (κ2) is 17.6. The first kappa shape index (κ1) is 40.3. The molecule has 2 aliphatic carbocycles. The van der Waals surface area contributed by atoms with Gasteiger partial charge >= 0.3 is 0 Å². The first-order valence-corrected chi connectivity index (χ1v) is 23.6. The van der Waals surface area contributed by atoms with Gasteiger partial charge in [0.15, 0.2) is 11.7 Å². The third-order valence-electron chi connectivity index (χ3n) is 14.4. The van der Waals surface area contributed by atoms with Gasteiger partial charge in [-0.05, 0) is 146 Å². The predicted octanol–water partition coefficient (Wildman–Crippen LogP) is 14.6. The Kier molecular flexibility index (Phi) is 11.4. The molecule has 0 N–H and O–H groups in total. The summed E-state index contributed by atoms with van der Waals surface area (Å²) >= 11 is 0. The summed E-state index contributed by atoms with van der Waals surface area (Å²) in [6.45, 7) is 10.4. The minimum atomic E-state index is 0.233. The normalized spacial score (nSPS) is 19.8. The van der Waals surface area contributed by atoms with E-state index in [1.54, 1.807) is 0 Å².